The smallest absolute Gasteiger partial charge is 0.257 e. The molecule has 0 aliphatic rings. The van der Waals surface area contributed by atoms with Crippen molar-refractivity contribution in [3.63, 3.8) is 0 Å². The summed E-state index contributed by atoms with van der Waals surface area (Å²) >= 11 is 0. The Hall–Kier alpha value is -4.00. The Kier molecular flexibility index (Phi) is 8.51. The molecule has 2 N–H and O–H groups in total. The van der Waals surface area contributed by atoms with E-state index in [0.717, 1.165) is 22.4 Å². The highest BCUT2D eigenvalue weighted by molar-refractivity contribution is 6.04. The summed E-state index contributed by atoms with van der Waals surface area (Å²) in [5.74, 6) is 1.40. The second kappa shape index (κ2) is 11.7. The van der Waals surface area contributed by atoms with Gasteiger partial charge in [0.2, 0.25) is 0 Å². The molecule has 0 saturated carbocycles. The fourth-order valence-corrected chi connectivity index (χ4v) is 3.37. The van der Waals surface area contributed by atoms with Crippen LogP contribution in [0.25, 0.3) is 0 Å². The van der Waals surface area contributed by atoms with E-state index in [1.807, 2.05) is 50.2 Å². The van der Waals surface area contributed by atoms with Crippen molar-refractivity contribution < 1.29 is 23.8 Å². The lowest BCUT2D eigenvalue weighted by atomic mass is 10.1. The molecule has 3 aromatic carbocycles. The highest BCUT2D eigenvalue weighted by atomic mass is 16.5. The van der Waals surface area contributed by atoms with Crippen molar-refractivity contribution in [2.45, 2.75) is 20.3 Å². The molecule has 2 amide bonds. The SMILES string of the molecule is COc1ccc(CCNC(=O)COc2ccc(C(=O)Nc3cccc(C)c3C)cc2)cc1OC. The van der Waals surface area contributed by atoms with E-state index in [0.29, 0.717) is 35.8 Å². The number of rotatable bonds is 10. The van der Waals surface area contributed by atoms with Crippen molar-refractivity contribution >= 4 is 17.5 Å². The Morgan fingerprint density at radius 1 is 0.882 bits per heavy atom. The number of amides is 2. The second-order valence-corrected chi connectivity index (χ2v) is 7.80. The highest BCUT2D eigenvalue weighted by Crippen LogP contribution is 2.27. The summed E-state index contributed by atoms with van der Waals surface area (Å²) < 4.78 is 16.1. The summed E-state index contributed by atoms with van der Waals surface area (Å²) in [6.45, 7) is 4.33. The molecule has 0 heterocycles. The van der Waals surface area contributed by atoms with Gasteiger partial charge >= 0.3 is 0 Å². The Labute approximate surface area is 200 Å². The molecule has 0 atom stereocenters. The van der Waals surface area contributed by atoms with Crippen LogP contribution in [-0.4, -0.2) is 39.2 Å². The number of carbonyl (C=O) groups excluding carboxylic acids is 2. The van der Waals surface area contributed by atoms with E-state index >= 15 is 0 Å². The monoisotopic (exact) mass is 462 g/mol. The zero-order chi connectivity index (χ0) is 24.5. The largest absolute Gasteiger partial charge is 0.493 e. The number of methoxy groups -OCH3 is 2. The van der Waals surface area contributed by atoms with E-state index in [4.69, 9.17) is 14.2 Å². The molecule has 0 fully saturated rings. The van der Waals surface area contributed by atoms with Crippen LogP contribution in [0.5, 0.6) is 17.2 Å². The summed E-state index contributed by atoms with van der Waals surface area (Å²) in [5, 5.41) is 5.76. The van der Waals surface area contributed by atoms with Crippen molar-refractivity contribution in [3.05, 3.63) is 82.9 Å². The van der Waals surface area contributed by atoms with Crippen molar-refractivity contribution in [3.8, 4) is 17.2 Å². The molecule has 0 spiro atoms. The number of aryl methyl sites for hydroxylation is 1. The van der Waals surface area contributed by atoms with Crippen molar-refractivity contribution in [2.75, 3.05) is 32.7 Å². The molecule has 178 valence electrons. The molecular formula is C27H30N2O5. The van der Waals surface area contributed by atoms with Gasteiger partial charge in [-0.2, -0.15) is 0 Å². The fraction of sp³-hybridized carbons (Fsp3) is 0.259. The van der Waals surface area contributed by atoms with Crippen LogP contribution in [0.3, 0.4) is 0 Å². The molecule has 0 aliphatic heterocycles. The van der Waals surface area contributed by atoms with Gasteiger partial charge in [0.1, 0.15) is 5.75 Å². The summed E-state index contributed by atoms with van der Waals surface area (Å²) in [6, 6.07) is 18.1. The van der Waals surface area contributed by atoms with Gasteiger partial charge in [-0.05, 0) is 79.4 Å². The van der Waals surface area contributed by atoms with Gasteiger partial charge in [-0.15, -0.1) is 0 Å². The van der Waals surface area contributed by atoms with Crippen LogP contribution in [0.1, 0.15) is 27.0 Å². The van der Waals surface area contributed by atoms with Crippen LogP contribution in [0.4, 0.5) is 5.69 Å². The van der Waals surface area contributed by atoms with Gasteiger partial charge in [0.25, 0.3) is 11.8 Å². The number of carbonyl (C=O) groups is 2. The summed E-state index contributed by atoms with van der Waals surface area (Å²) in [7, 11) is 3.18. The maximum atomic E-state index is 12.5. The van der Waals surface area contributed by atoms with E-state index in [-0.39, 0.29) is 18.4 Å². The first-order valence-electron chi connectivity index (χ1n) is 11.0. The predicted octanol–water partition coefficient (Wildman–Crippen LogP) is 4.31. The van der Waals surface area contributed by atoms with Crippen LogP contribution in [-0.2, 0) is 11.2 Å². The van der Waals surface area contributed by atoms with Gasteiger partial charge in [-0.3, -0.25) is 9.59 Å². The third kappa shape index (κ3) is 6.51. The third-order valence-electron chi connectivity index (χ3n) is 5.52. The molecule has 0 aromatic heterocycles. The molecule has 0 saturated heterocycles. The van der Waals surface area contributed by atoms with Crippen LogP contribution in [0.15, 0.2) is 60.7 Å². The van der Waals surface area contributed by atoms with Crippen molar-refractivity contribution in [2.24, 2.45) is 0 Å². The van der Waals surface area contributed by atoms with E-state index in [1.54, 1.807) is 38.5 Å². The Morgan fingerprint density at radius 3 is 2.32 bits per heavy atom. The molecule has 3 rings (SSSR count). The van der Waals surface area contributed by atoms with E-state index in [9.17, 15) is 9.59 Å². The second-order valence-electron chi connectivity index (χ2n) is 7.80. The summed E-state index contributed by atoms with van der Waals surface area (Å²) in [4.78, 5) is 24.7. The topological polar surface area (TPSA) is 85.9 Å². The van der Waals surface area contributed by atoms with Gasteiger partial charge in [0.05, 0.1) is 14.2 Å². The molecule has 34 heavy (non-hydrogen) atoms. The van der Waals surface area contributed by atoms with E-state index in [2.05, 4.69) is 10.6 Å². The van der Waals surface area contributed by atoms with E-state index in [1.165, 1.54) is 0 Å². The van der Waals surface area contributed by atoms with Crippen molar-refractivity contribution in [1.29, 1.82) is 0 Å². The van der Waals surface area contributed by atoms with Crippen LogP contribution >= 0.6 is 0 Å². The maximum Gasteiger partial charge on any atom is 0.257 e. The van der Waals surface area contributed by atoms with Gasteiger partial charge < -0.3 is 24.8 Å². The molecular weight excluding hydrogens is 432 g/mol. The quantitative estimate of drug-likeness (QED) is 0.469. The molecule has 3 aromatic rings. The first-order chi connectivity index (χ1) is 16.4. The highest BCUT2D eigenvalue weighted by Gasteiger charge is 2.10. The minimum absolute atomic E-state index is 0.111. The molecule has 0 aliphatic carbocycles. The zero-order valence-electron chi connectivity index (χ0n) is 19.9. The van der Waals surface area contributed by atoms with Gasteiger partial charge in [-0.25, -0.2) is 0 Å². The lowest BCUT2D eigenvalue weighted by molar-refractivity contribution is -0.123. The zero-order valence-corrected chi connectivity index (χ0v) is 19.9. The number of anilines is 1. The van der Waals surface area contributed by atoms with Crippen molar-refractivity contribution in [1.82, 2.24) is 5.32 Å². The number of nitrogens with one attached hydrogen (secondary N) is 2. The Balaban J connectivity index is 1.44. The third-order valence-corrected chi connectivity index (χ3v) is 5.52. The van der Waals surface area contributed by atoms with Crippen LogP contribution in [0, 0.1) is 13.8 Å². The number of hydrogen-bond donors (Lipinski definition) is 2. The summed E-state index contributed by atoms with van der Waals surface area (Å²) in [6.07, 6.45) is 0.649. The fourth-order valence-electron chi connectivity index (χ4n) is 3.37. The average Bonchev–Trinajstić information content (AvgIpc) is 2.85. The molecule has 0 unspecified atom stereocenters. The normalized spacial score (nSPS) is 10.4. The minimum atomic E-state index is -0.225. The standard InChI is InChI=1S/C27H30N2O5/c1-18-6-5-7-23(19(18)2)29-27(31)21-9-11-22(12-10-21)34-17-26(30)28-15-14-20-8-13-24(32-3)25(16-20)33-4/h5-13,16H,14-15,17H2,1-4H3,(H,28,30)(H,29,31). The van der Waals surface area contributed by atoms with E-state index < -0.39 is 0 Å². The number of hydrogen-bond acceptors (Lipinski definition) is 5. The number of benzene rings is 3. The van der Waals surface area contributed by atoms with Crippen LogP contribution < -0.4 is 24.8 Å². The molecule has 0 bridgehead atoms. The predicted molar refractivity (Wildman–Crippen MR) is 132 cm³/mol. The average molecular weight is 463 g/mol. The molecule has 7 heteroatoms. The van der Waals surface area contributed by atoms with Gasteiger partial charge in [0.15, 0.2) is 18.1 Å². The lowest BCUT2D eigenvalue weighted by Gasteiger charge is -2.11. The lowest BCUT2D eigenvalue weighted by Crippen LogP contribution is -2.30. The van der Waals surface area contributed by atoms with Gasteiger partial charge in [-0.1, -0.05) is 18.2 Å². The Bertz CT molecular complexity index is 1140. The first kappa shape index (κ1) is 24.6. The maximum absolute atomic E-state index is 12.5. The Morgan fingerprint density at radius 2 is 1.62 bits per heavy atom. The molecule has 0 radical (unpaired) electrons. The summed E-state index contributed by atoms with van der Waals surface area (Å²) in [5.41, 5.74) is 4.47. The number of ether oxygens (including phenoxy) is 3. The van der Waals surface area contributed by atoms with Gasteiger partial charge in [0, 0.05) is 17.8 Å². The minimum Gasteiger partial charge on any atom is -0.493 e. The molecule has 7 nitrogen and oxygen atoms in total. The van der Waals surface area contributed by atoms with Crippen LogP contribution in [0.2, 0.25) is 0 Å². The first-order valence-corrected chi connectivity index (χ1v) is 11.0.